The zero-order valence-corrected chi connectivity index (χ0v) is 16.8. The molecule has 2 aromatic rings. The number of esters is 1. The second-order valence-corrected chi connectivity index (χ2v) is 7.72. The SMILES string of the molecule is C=CCC[C@H]1CC[C@H](C(=O)Oc2ccc(C#Cc3ccc(Cl)cc3)cc2)CC1. The van der Waals surface area contributed by atoms with Gasteiger partial charge in [-0.25, -0.2) is 0 Å². The topological polar surface area (TPSA) is 26.3 Å². The quantitative estimate of drug-likeness (QED) is 0.254. The molecule has 0 radical (unpaired) electrons. The number of halogens is 1. The third-order valence-corrected chi connectivity index (χ3v) is 5.48. The van der Waals surface area contributed by atoms with Gasteiger partial charge in [0.2, 0.25) is 0 Å². The number of carbonyl (C=O) groups excluding carboxylic acids is 1. The monoisotopic (exact) mass is 392 g/mol. The van der Waals surface area contributed by atoms with Crippen LogP contribution in [0.2, 0.25) is 5.02 Å². The van der Waals surface area contributed by atoms with Crippen molar-refractivity contribution >= 4 is 17.6 Å². The Morgan fingerprint density at radius 1 is 1.00 bits per heavy atom. The van der Waals surface area contributed by atoms with Gasteiger partial charge in [-0.1, -0.05) is 29.5 Å². The van der Waals surface area contributed by atoms with Crippen molar-refractivity contribution in [3.8, 4) is 17.6 Å². The molecule has 2 aromatic carbocycles. The average Bonchev–Trinajstić information content (AvgIpc) is 2.73. The van der Waals surface area contributed by atoms with Crippen LogP contribution >= 0.6 is 11.6 Å². The summed E-state index contributed by atoms with van der Waals surface area (Å²) in [4.78, 5) is 12.4. The first-order chi connectivity index (χ1) is 13.6. The number of hydrogen-bond donors (Lipinski definition) is 0. The Kier molecular flexibility index (Phi) is 7.34. The number of ether oxygens (including phenoxy) is 1. The maximum Gasteiger partial charge on any atom is 0.314 e. The number of allylic oxidation sites excluding steroid dienone is 1. The summed E-state index contributed by atoms with van der Waals surface area (Å²) in [5.74, 6) is 7.41. The molecule has 3 heteroatoms. The van der Waals surface area contributed by atoms with Crippen molar-refractivity contribution in [3.63, 3.8) is 0 Å². The first kappa shape index (κ1) is 20.2. The van der Waals surface area contributed by atoms with Gasteiger partial charge in [0.15, 0.2) is 0 Å². The summed E-state index contributed by atoms with van der Waals surface area (Å²) in [6.07, 6.45) is 8.27. The lowest BCUT2D eigenvalue weighted by Gasteiger charge is -2.26. The number of carbonyl (C=O) groups is 1. The van der Waals surface area contributed by atoms with Gasteiger partial charge in [-0.15, -0.1) is 6.58 Å². The Morgan fingerprint density at radius 3 is 2.14 bits per heavy atom. The standard InChI is InChI=1S/C25H25ClO2/c1-2-3-4-19-7-13-22(14-8-19)25(27)28-24-17-11-21(12-18-24)6-5-20-9-15-23(26)16-10-20/h2,9-12,15-19,22H,1,3-4,7-8,13-14H2/t19-,22-. The molecule has 1 aliphatic rings. The molecule has 0 aromatic heterocycles. The van der Waals surface area contributed by atoms with Gasteiger partial charge in [0, 0.05) is 16.1 Å². The van der Waals surface area contributed by atoms with Crippen molar-refractivity contribution in [1.82, 2.24) is 0 Å². The molecule has 3 rings (SSSR count). The highest BCUT2D eigenvalue weighted by Gasteiger charge is 2.27. The minimum absolute atomic E-state index is 0.0179. The molecule has 0 unspecified atom stereocenters. The van der Waals surface area contributed by atoms with Crippen LogP contribution in [0, 0.1) is 23.7 Å². The molecular weight excluding hydrogens is 368 g/mol. The van der Waals surface area contributed by atoms with Gasteiger partial charge in [0.1, 0.15) is 5.75 Å². The van der Waals surface area contributed by atoms with E-state index in [-0.39, 0.29) is 11.9 Å². The van der Waals surface area contributed by atoms with Crippen LogP contribution in [0.5, 0.6) is 5.75 Å². The second-order valence-electron chi connectivity index (χ2n) is 7.29. The Morgan fingerprint density at radius 2 is 1.57 bits per heavy atom. The molecule has 0 spiro atoms. The Labute approximate surface area is 172 Å². The van der Waals surface area contributed by atoms with Gasteiger partial charge in [-0.05, 0) is 93.0 Å². The minimum Gasteiger partial charge on any atom is -0.426 e. The van der Waals surface area contributed by atoms with Gasteiger partial charge in [-0.2, -0.15) is 0 Å². The molecule has 2 nitrogen and oxygen atoms in total. The van der Waals surface area contributed by atoms with Gasteiger partial charge in [0.05, 0.1) is 5.92 Å². The van der Waals surface area contributed by atoms with Gasteiger partial charge in [0.25, 0.3) is 0 Å². The van der Waals surface area contributed by atoms with Crippen molar-refractivity contribution < 1.29 is 9.53 Å². The van der Waals surface area contributed by atoms with E-state index in [1.165, 1.54) is 6.42 Å². The lowest BCUT2D eigenvalue weighted by atomic mass is 9.80. The fraction of sp³-hybridized carbons (Fsp3) is 0.320. The van der Waals surface area contributed by atoms with Crippen molar-refractivity contribution in [3.05, 3.63) is 77.3 Å². The van der Waals surface area contributed by atoms with E-state index in [4.69, 9.17) is 16.3 Å². The average molecular weight is 393 g/mol. The summed E-state index contributed by atoms with van der Waals surface area (Å²) in [5.41, 5.74) is 1.78. The van der Waals surface area contributed by atoms with Crippen LogP contribution in [0.1, 0.15) is 49.7 Å². The highest BCUT2D eigenvalue weighted by atomic mass is 35.5. The third kappa shape index (κ3) is 6.01. The predicted molar refractivity (Wildman–Crippen MR) is 114 cm³/mol. The molecule has 0 N–H and O–H groups in total. The molecule has 0 amide bonds. The van der Waals surface area contributed by atoms with E-state index in [2.05, 4.69) is 18.4 Å². The zero-order valence-electron chi connectivity index (χ0n) is 16.0. The first-order valence-corrected chi connectivity index (χ1v) is 10.2. The van der Waals surface area contributed by atoms with E-state index in [0.717, 1.165) is 49.1 Å². The molecule has 1 saturated carbocycles. The van der Waals surface area contributed by atoms with Gasteiger partial charge >= 0.3 is 5.97 Å². The number of benzene rings is 2. The van der Waals surface area contributed by atoms with Crippen LogP contribution in [0.15, 0.2) is 61.2 Å². The van der Waals surface area contributed by atoms with Crippen molar-refractivity contribution in [2.45, 2.75) is 38.5 Å². The third-order valence-electron chi connectivity index (χ3n) is 5.23. The van der Waals surface area contributed by atoms with Crippen LogP contribution in [-0.4, -0.2) is 5.97 Å². The summed E-state index contributed by atoms with van der Waals surface area (Å²) < 4.78 is 5.58. The second kappa shape index (κ2) is 10.2. The van der Waals surface area contributed by atoms with Crippen molar-refractivity contribution in [1.29, 1.82) is 0 Å². The van der Waals surface area contributed by atoms with E-state index >= 15 is 0 Å². The highest BCUT2D eigenvalue weighted by Crippen LogP contribution is 2.32. The number of rotatable bonds is 5. The fourth-order valence-electron chi connectivity index (χ4n) is 3.52. The lowest BCUT2D eigenvalue weighted by molar-refractivity contribution is -0.140. The maximum atomic E-state index is 12.4. The fourth-order valence-corrected chi connectivity index (χ4v) is 3.65. The van der Waals surface area contributed by atoms with Gasteiger partial charge in [-0.3, -0.25) is 4.79 Å². The summed E-state index contributed by atoms with van der Waals surface area (Å²) in [5, 5.41) is 0.696. The molecule has 0 aliphatic heterocycles. The van der Waals surface area contributed by atoms with Crippen LogP contribution in [-0.2, 0) is 4.79 Å². The Balaban J connectivity index is 1.51. The predicted octanol–water partition coefficient (Wildman–Crippen LogP) is 6.42. The van der Waals surface area contributed by atoms with Crippen LogP contribution in [0.25, 0.3) is 0 Å². The summed E-state index contributed by atoms with van der Waals surface area (Å²) in [7, 11) is 0. The summed E-state index contributed by atoms with van der Waals surface area (Å²) in [6.45, 7) is 3.78. The zero-order chi connectivity index (χ0) is 19.8. The molecule has 0 saturated heterocycles. The summed E-state index contributed by atoms with van der Waals surface area (Å²) >= 11 is 5.88. The van der Waals surface area contributed by atoms with Crippen LogP contribution < -0.4 is 4.74 Å². The van der Waals surface area contributed by atoms with Crippen LogP contribution in [0.4, 0.5) is 0 Å². The normalized spacial score (nSPS) is 18.6. The van der Waals surface area contributed by atoms with E-state index in [1.54, 1.807) is 12.1 Å². The van der Waals surface area contributed by atoms with E-state index in [1.807, 2.05) is 42.5 Å². The summed E-state index contributed by atoms with van der Waals surface area (Å²) in [6, 6.07) is 14.8. The molecule has 1 fully saturated rings. The number of hydrogen-bond acceptors (Lipinski definition) is 2. The minimum atomic E-state index is -0.109. The highest BCUT2D eigenvalue weighted by molar-refractivity contribution is 6.30. The largest absolute Gasteiger partial charge is 0.426 e. The molecule has 28 heavy (non-hydrogen) atoms. The van der Waals surface area contributed by atoms with Crippen molar-refractivity contribution in [2.75, 3.05) is 0 Å². The molecule has 1 aliphatic carbocycles. The maximum absolute atomic E-state index is 12.4. The Hall–Kier alpha value is -2.50. The molecule has 0 atom stereocenters. The molecule has 0 heterocycles. The van der Waals surface area contributed by atoms with Crippen molar-refractivity contribution in [2.24, 2.45) is 11.8 Å². The van der Waals surface area contributed by atoms with E-state index in [9.17, 15) is 4.79 Å². The van der Waals surface area contributed by atoms with Gasteiger partial charge < -0.3 is 4.74 Å². The molecule has 0 bridgehead atoms. The van der Waals surface area contributed by atoms with E-state index < -0.39 is 0 Å². The first-order valence-electron chi connectivity index (χ1n) is 9.84. The van der Waals surface area contributed by atoms with E-state index in [0.29, 0.717) is 10.8 Å². The Bertz CT molecular complexity index is 848. The molecular formula is C25H25ClO2. The lowest BCUT2D eigenvalue weighted by Crippen LogP contribution is -2.25. The molecule has 144 valence electrons. The van der Waals surface area contributed by atoms with Crippen LogP contribution in [0.3, 0.4) is 0 Å². The smallest absolute Gasteiger partial charge is 0.314 e.